The molecule has 1 fully saturated rings. The summed E-state index contributed by atoms with van der Waals surface area (Å²) in [6, 6.07) is 9.26. The van der Waals surface area contributed by atoms with Crippen LogP contribution in [0.4, 0.5) is 0 Å². The zero-order chi connectivity index (χ0) is 17.1. The number of hydrogen-bond acceptors (Lipinski definition) is 2. The van der Waals surface area contributed by atoms with Crippen molar-refractivity contribution in [1.29, 1.82) is 0 Å². The normalized spacial score (nSPS) is 27.8. The Labute approximate surface area is 145 Å². The van der Waals surface area contributed by atoms with Crippen molar-refractivity contribution in [2.45, 2.75) is 39.5 Å². The second-order valence-corrected chi connectivity index (χ2v) is 7.54. The van der Waals surface area contributed by atoms with E-state index in [4.69, 9.17) is 4.74 Å². The monoisotopic (exact) mass is 324 g/mol. The highest BCUT2D eigenvalue weighted by molar-refractivity contribution is 5.89. The fraction of sp³-hybridized carbons (Fsp3) is 0.500. The van der Waals surface area contributed by atoms with Crippen molar-refractivity contribution in [1.82, 2.24) is 0 Å². The number of ether oxygens (including phenoxy) is 1. The molecular formula is C22H28O2. The Bertz CT molecular complexity index is 629. The average molecular weight is 324 g/mol. The molecule has 0 aliphatic heterocycles. The zero-order valence-corrected chi connectivity index (χ0v) is 14.8. The summed E-state index contributed by atoms with van der Waals surface area (Å²) in [7, 11) is 0. The minimum absolute atomic E-state index is 0.213. The van der Waals surface area contributed by atoms with Crippen molar-refractivity contribution in [3.05, 3.63) is 59.7 Å². The molecule has 2 nitrogen and oxygen atoms in total. The van der Waals surface area contributed by atoms with Gasteiger partial charge in [-0.05, 0) is 68.4 Å². The molecule has 0 bridgehead atoms. The fourth-order valence-corrected chi connectivity index (χ4v) is 4.38. The minimum atomic E-state index is -0.213. The second-order valence-electron chi connectivity index (χ2n) is 7.54. The summed E-state index contributed by atoms with van der Waals surface area (Å²) in [4.78, 5) is 12.2. The van der Waals surface area contributed by atoms with Crippen molar-refractivity contribution in [2.75, 3.05) is 6.61 Å². The summed E-state index contributed by atoms with van der Waals surface area (Å²) in [5.74, 6) is 1.94. The Morgan fingerprint density at radius 2 is 2.00 bits per heavy atom. The van der Waals surface area contributed by atoms with Crippen molar-refractivity contribution in [3.8, 4) is 0 Å². The Hall–Kier alpha value is -1.83. The van der Waals surface area contributed by atoms with E-state index >= 15 is 0 Å². The molecule has 0 spiro atoms. The standard InChI is InChI=1S/C22H28O2/c1-15-9-11-19-16(2)10-12-20(21(19)13-15)17(3)14-24-22(23)18-7-5-4-6-8-18/h4-8,13,17,19-21H,2,9-12,14H2,1,3H3. The van der Waals surface area contributed by atoms with Crippen molar-refractivity contribution in [2.24, 2.45) is 23.7 Å². The van der Waals surface area contributed by atoms with E-state index in [1.165, 1.54) is 24.0 Å². The van der Waals surface area contributed by atoms with Crippen LogP contribution < -0.4 is 0 Å². The van der Waals surface area contributed by atoms with Crippen LogP contribution in [0.1, 0.15) is 49.9 Å². The van der Waals surface area contributed by atoms with Gasteiger partial charge >= 0.3 is 5.97 Å². The lowest BCUT2D eigenvalue weighted by atomic mass is 9.62. The van der Waals surface area contributed by atoms with E-state index in [-0.39, 0.29) is 5.97 Å². The first-order valence-corrected chi connectivity index (χ1v) is 9.13. The first-order valence-electron chi connectivity index (χ1n) is 9.13. The molecule has 4 atom stereocenters. The zero-order valence-electron chi connectivity index (χ0n) is 14.8. The summed E-state index contributed by atoms with van der Waals surface area (Å²) in [5, 5.41) is 0. The highest BCUT2D eigenvalue weighted by Gasteiger charge is 2.38. The van der Waals surface area contributed by atoms with Gasteiger partial charge in [-0.1, -0.05) is 48.9 Å². The van der Waals surface area contributed by atoms with E-state index in [1.54, 1.807) is 12.1 Å². The van der Waals surface area contributed by atoms with Crippen LogP contribution in [0.2, 0.25) is 0 Å². The van der Waals surface area contributed by atoms with Crippen LogP contribution in [0.5, 0.6) is 0 Å². The van der Waals surface area contributed by atoms with Gasteiger partial charge in [-0.25, -0.2) is 4.79 Å². The van der Waals surface area contributed by atoms with Gasteiger partial charge in [-0.15, -0.1) is 0 Å². The van der Waals surface area contributed by atoms with Gasteiger partial charge in [-0.3, -0.25) is 0 Å². The van der Waals surface area contributed by atoms with Gasteiger partial charge in [0, 0.05) is 0 Å². The van der Waals surface area contributed by atoms with Crippen molar-refractivity contribution < 1.29 is 9.53 Å². The summed E-state index contributed by atoms with van der Waals surface area (Å²) in [5.41, 5.74) is 3.56. The van der Waals surface area contributed by atoms with Crippen LogP contribution in [-0.2, 0) is 4.74 Å². The summed E-state index contributed by atoms with van der Waals surface area (Å²) < 4.78 is 5.59. The average Bonchev–Trinajstić information content (AvgIpc) is 2.60. The largest absolute Gasteiger partial charge is 0.462 e. The number of allylic oxidation sites excluding steroid dienone is 3. The molecule has 4 unspecified atom stereocenters. The highest BCUT2D eigenvalue weighted by atomic mass is 16.5. The van der Waals surface area contributed by atoms with E-state index in [0.717, 1.165) is 12.8 Å². The smallest absolute Gasteiger partial charge is 0.338 e. The van der Waals surface area contributed by atoms with Gasteiger partial charge in [0.15, 0.2) is 0 Å². The van der Waals surface area contributed by atoms with Crippen LogP contribution in [0, 0.1) is 23.7 Å². The molecule has 1 aromatic rings. The molecule has 128 valence electrons. The van der Waals surface area contributed by atoms with Crippen LogP contribution in [0.25, 0.3) is 0 Å². The van der Waals surface area contributed by atoms with Crippen LogP contribution in [-0.4, -0.2) is 12.6 Å². The highest BCUT2D eigenvalue weighted by Crippen LogP contribution is 2.47. The first-order chi connectivity index (χ1) is 11.6. The third-order valence-corrected chi connectivity index (χ3v) is 5.83. The van der Waals surface area contributed by atoms with Gasteiger partial charge in [-0.2, -0.15) is 0 Å². The number of hydrogen-bond donors (Lipinski definition) is 0. The van der Waals surface area contributed by atoms with Gasteiger partial charge in [0.2, 0.25) is 0 Å². The Balaban J connectivity index is 1.63. The maximum absolute atomic E-state index is 12.2. The topological polar surface area (TPSA) is 26.3 Å². The molecular weight excluding hydrogens is 296 g/mol. The van der Waals surface area contributed by atoms with Crippen LogP contribution in [0.15, 0.2) is 54.1 Å². The number of benzene rings is 1. The molecule has 24 heavy (non-hydrogen) atoms. The molecule has 2 heteroatoms. The number of carbonyl (C=O) groups excluding carboxylic acids is 1. The van der Waals surface area contributed by atoms with E-state index in [0.29, 0.717) is 35.8 Å². The van der Waals surface area contributed by atoms with Crippen molar-refractivity contribution in [3.63, 3.8) is 0 Å². The summed E-state index contributed by atoms with van der Waals surface area (Å²) >= 11 is 0. The second kappa shape index (κ2) is 7.38. The molecule has 1 saturated carbocycles. The number of carbonyl (C=O) groups is 1. The molecule has 3 rings (SSSR count). The molecule has 0 radical (unpaired) electrons. The van der Waals surface area contributed by atoms with Gasteiger partial charge < -0.3 is 4.74 Å². The Morgan fingerprint density at radius 1 is 1.25 bits per heavy atom. The summed E-state index contributed by atoms with van der Waals surface area (Å²) in [6.07, 6.45) is 7.19. The van der Waals surface area contributed by atoms with Gasteiger partial charge in [0.05, 0.1) is 12.2 Å². The van der Waals surface area contributed by atoms with E-state index in [9.17, 15) is 4.79 Å². The van der Waals surface area contributed by atoms with Crippen molar-refractivity contribution >= 4 is 5.97 Å². The lowest BCUT2D eigenvalue weighted by Crippen LogP contribution is -2.36. The lowest BCUT2D eigenvalue weighted by molar-refractivity contribution is 0.0340. The maximum atomic E-state index is 12.2. The van der Waals surface area contributed by atoms with E-state index in [2.05, 4.69) is 26.5 Å². The molecule has 0 aromatic heterocycles. The molecule has 0 saturated heterocycles. The predicted molar refractivity (Wildman–Crippen MR) is 97.7 cm³/mol. The molecule has 2 aliphatic carbocycles. The summed E-state index contributed by atoms with van der Waals surface area (Å²) in [6.45, 7) is 9.29. The Kier molecular flexibility index (Phi) is 5.23. The minimum Gasteiger partial charge on any atom is -0.462 e. The predicted octanol–water partition coefficient (Wildman–Crippen LogP) is 5.42. The Morgan fingerprint density at radius 3 is 2.75 bits per heavy atom. The lowest BCUT2D eigenvalue weighted by Gasteiger charge is -2.43. The van der Waals surface area contributed by atoms with Crippen LogP contribution in [0.3, 0.4) is 0 Å². The van der Waals surface area contributed by atoms with E-state index < -0.39 is 0 Å². The number of esters is 1. The van der Waals surface area contributed by atoms with Gasteiger partial charge in [0.1, 0.15) is 0 Å². The molecule has 2 aliphatic rings. The number of rotatable bonds is 4. The maximum Gasteiger partial charge on any atom is 0.338 e. The molecule has 0 amide bonds. The van der Waals surface area contributed by atoms with Gasteiger partial charge in [0.25, 0.3) is 0 Å². The fourth-order valence-electron chi connectivity index (χ4n) is 4.38. The third kappa shape index (κ3) is 3.63. The molecule has 1 aromatic carbocycles. The molecule has 0 heterocycles. The van der Waals surface area contributed by atoms with Crippen LogP contribution >= 0.6 is 0 Å². The SMILES string of the molecule is C=C1CCC(C(C)COC(=O)c2ccccc2)C2C=C(C)CCC12. The first kappa shape index (κ1) is 17.0. The third-order valence-electron chi connectivity index (χ3n) is 5.83. The molecule has 0 N–H and O–H groups in total. The number of fused-ring (bicyclic) bond motifs is 1. The van der Waals surface area contributed by atoms with E-state index in [1.807, 2.05) is 18.2 Å². The quantitative estimate of drug-likeness (QED) is 0.546.